The number of hydrogen-bond donors (Lipinski definition) is 4. The fourth-order valence-electron chi connectivity index (χ4n) is 1.84. The van der Waals surface area contributed by atoms with E-state index in [0.717, 1.165) is 11.0 Å². The predicted octanol–water partition coefficient (Wildman–Crippen LogP) is 1.86. The Hall–Kier alpha value is -2.24. The van der Waals surface area contributed by atoms with Gasteiger partial charge >= 0.3 is 0 Å². The minimum Gasteiger partial charge on any atom is -0.399 e. The summed E-state index contributed by atoms with van der Waals surface area (Å²) in [6.07, 6.45) is 0. The second-order valence-corrected chi connectivity index (χ2v) is 5.97. The van der Waals surface area contributed by atoms with Crippen molar-refractivity contribution in [1.82, 2.24) is 15.3 Å². The lowest BCUT2D eigenvalue weighted by Gasteiger charge is -2.23. The molecule has 1 aromatic carbocycles. The van der Waals surface area contributed by atoms with E-state index in [1.54, 1.807) is 13.0 Å². The monoisotopic (exact) mass is 275 g/mol. The molecule has 5 N–H and O–H groups in total. The molecule has 6 heteroatoms. The van der Waals surface area contributed by atoms with E-state index >= 15 is 0 Å². The number of rotatable bonds is 3. The number of carbonyl (C=O) groups is 1. The van der Waals surface area contributed by atoms with Crippen molar-refractivity contribution in [3.8, 4) is 0 Å². The summed E-state index contributed by atoms with van der Waals surface area (Å²) in [7, 11) is 0. The van der Waals surface area contributed by atoms with E-state index < -0.39 is 0 Å². The quantitative estimate of drug-likeness (QED) is 0.643. The zero-order valence-electron chi connectivity index (χ0n) is 12.2. The van der Waals surface area contributed by atoms with Gasteiger partial charge in [-0.1, -0.05) is 0 Å². The van der Waals surface area contributed by atoms with Crippen LogP contribution in [-0.2, 0) is 4.79 Å². The van der Waals surface area contributed by atoms with E-state index in [1.807, 2.05) is 32.9 Å². The number of aromatic amines is 1. The van der Waals surface area contributed by atoms with Gasteiger partial charge in [0, 0.05) is 11.2 Å². The fourth-order valence-corrected chi connectivity index (χ4v) is 1.84. The van der Waals surface area contributed by atoms with E-state index in [-0.39, 0.29) is 17.5 Å². The standard InChI is InChI=1S/C14H21N5O/c1-8(12(20)19-14(2,3)4)16-13-17-10-6-5-9(15)7-11(10)18-13/h5-8H,15H2,1-4H3,(H,19,20)(H2,16,17,18). The molecule has 2 aromatic rings. The molecule has 0 aliphatic rings. The molecule has 2 rings (SSSR count). The Balaban J connectivity index is 2.09. The number of aromatic nitrogens is 2. The van der Waals surface area contributed by atoms with Crippen LogP contribution in [-0.4, -0.2) is 27.5 Å². The number of H-pyrrole nitrogens is 1. The average molecular weight is 275 g/mol. The molecule has 6 nitrogen and oxygen atoms in total. The first kappa shape index (κ1) is 14.2. The summed E-state index contributed by atoms with van der Waals surface area (Å²) in [4.78, 5) is 19.5. The largest absolute Gasteiger partial charge is 0.399 e. The van der Waals surface area contributed by atoms with Crippen LogP contribution in [0.25, 0.3) is 11.0 Å². The average Bonchev–Trinajstić information content (AvgIpc) is 2.67. The Bertz CT molecular complexity index is 626. The molecule has 20 heavy (non-hydrogen) atoms. The maximum atomic E-state index is 12.0. The number of nitrogen functional groups attached to an aromatic ring is 1. The number of nitrogens with one attached hydrogen (secondary N) is 3. The van der Waals surface area contributed by atoms with Gasteiger partial charge in [0.2, 0.25) is 11.9 Å². The first-order valence-corrected chi connectivity index (χ1v) is 6.58. The Morgan fingerprint density at radius 3 is 2.75 bits per heavy atom. The van der Waals surface area contributed by atoms with E-state index in [2.05, 4.69) is 20.6 Å². The second kappa shape index (κ2) is 5.03. The Kier molecular flexibility index (Phi) is 3.57. The molecule has 108 valence electrons. The van der Waals surface area contributed by atoms with Gasteiger partial charge in [-0.25, -0.2) is 4.98 Å². The third kappa shape index (κ3) is 3.40. The molecule has 1 heterocycles. The number of carbonyl (C=O) groups excluding carboxylic acids is 1. The van der Waals surface area contributed by atoms with Crippen LogP contribution in [0.3, 0.4) is 0 Å². The van der Waals surface area contributed by atoms with Gasteiger partial charge in [-0.15, -0.1) is 0 Å². The lowest BCUT2D eigenvalue weighted by Crippen LogP contribution is -2.47. The van der Waals surface area contributed by atoms with Gasteiger partial charge in [0.05, 0.1) is 11.0 Å². The molecule has 0 radical (unpaired) electrons. The molecule has 0 aliphatic heterocycles. The highest BCUT2D eigenvalue weighted by Gasteiger charge is 2.19. The van der Waals surface area contributed by atoms with Crippen LogP contribution in [0.2, 0.25) is 0 Å². The van der Waals surface area contributed by atoms with Crippen LogP contribution in [0.1, 0.15) is 27.7 Å². The minimum atomic E-state index is -0.382. The lowest BCUT2D eigenvalue weighted by atomic mass is 10.1. The maximum Gasteiger partial charge on any atom is 0.242 e. The van der Waals surface area contributed by atoms with Crippen LogP contribution >= 0.6 is 0 Å². The molecule has 0 spiro atoms. The Labute approximate surface area is 118 Å². The van der Waals surface area contributed by atoms with Crippen molar-refractivity contribution in [2.75, 3.05) is 11.1 Å². The van der Waals surface area contributed by atoms with Crippen LogP contribution in [0.4, 0.5) is 11.6 Å². The summed E-state index contributed by atoms with van der Waals surface area (Å²) < 4.78 is 0. The number of fused-ring (bicyclic) bond motifs is 1. The van der Waals surface area contributed by atoms with Crippen LogP contribution in [0, 0.1) is 0 Å². The zero-order valence-corrected chi connectivity index (χ0v) is 12.2. The van der Waals surface area contributed by atoms with Gasteiger partial charge in [-0.2, -0.15) is 0 Å². The molecule has 1 atom stereocenters. The summed E-state index contributed by atoms with van der Waals surface area (Å²) >= 11 is 0. The molecule has 1 unspecified atom stereocenters. The van der Waals surface area contributed by atoms with Gasteiger partial charge in [0.1, 0.15) is 6.04 Å². The van der Waals surface area contributed by atoms with E-state index in [4.69, 9.17) is 5.73 Å². The van der Waals surface area contributed by atoms with Crippen molar-refractivity contribution in [3.63, 3.8) is 0 Å². The first-order valence-electron chi connectivity index (χ1n) is 6.58. The third-order valence-corrected chi connectivity index (χ3v) is 2.75. The maximum absolute atomic E-state index is 12.0. The molecular weight excluding hydrogens is 254 g/mol. The van der Waals surface area contributed by atoms with Gasteiger partial charge in [-0.3, -0.25) is 4.79 Å². The topological polar surface area (TPSA) is 95.8 Å². The molecule has 0 saturated heterocycles. The van der Waals surface area contributed by atoms with Gasteiger partial charge < -0.3 is 21.4 Å². The van der Waals surface area contributed by atoms with Crippen molar-refractivity contribution in [2.24, 2.45) is 0 Å². The lowest BCUT2D eigenvalue weighted by molar-refractivity contribution is -0.122. The third-order valence-electron chi connectivity index (χ3n) is 2.75. The number of hydrogen-bond acceptors (Lipinski definition) is 4. The first-order chi connectivity index (χ1) is 9.24. The van der Waals surface area contributed by atoms with E-state index in [1.165, 1.54) is 0 Å². The molecule has 0 bridgehead atoms. The highest BCUT2D eigenvalue weighted by molar-refractivity contribution is 5.85. The van der Waals surface area contributed by atoms with Crippen molar-refractivity contribution < 1.29 is 4.79 Å². The molecule has 1 aromatic heterocycles. The summed E-state index contributed by atoms with van der Waals surface area (Å²) in [5, 5.41) is 5.97. The molecule has 0 fully saturated rings. The number of benzene rings is 1. The molecule has 0 aliphatic carbocycles. The number of nitrogens with two attached hydrogens (primary N) is 1. The second-order valence-electron chi connectivity index (χ2n) is 5.97. The molecule has 0 saturated carbocycles. The zero-order chi connectivity index (χ0) is 14.9. The van der Waals surface area contributed by atoms with Crippen LogP contribution in [0.5, 0.6) is 0 Å². The predicted molar refractivity (Wildman–Crippen MR) is 81.5 cm³/mol. The minimum absolute atomic E-state index is 0.0718. The van der Waals surface area contributed by atoms with Crippen molar-refractivity contribution in [2.45, 2.75) is 39.3 Å². The van der Waals surface area contributed by atoms with Gasteiger partial charge in [0.25, 0.3) is 0 Å². The van der Waals surface area contributed by atoms with E-state index in [9.17, 15) is 4.79 Å². The van der Waals surface area contributed by atoms with Crippen molar-refractivity contribution in [1.29, 1.82) is 0 Å². The summed E-state index contributed by atoms with van der Waals surface area (Å²) in [5.74, 6) is 0.486. The molecular formula is C14H21N5O. The van der Waals surface area contributed by atoms with Crippen molar-refractivity contribution >= 4 is 28.6 Å². The highest BCUT2D eigenvalue weighted by Crippen LogP contribution is 2.17. The fraction of sp³-hybridized carbons (Fsp3) is 0.429. The number of imidazole rings is 1. The van der Waals surface area contributed by atoms with E-state index in [0.29, 0.717) is 11.6 Å². The van der Waals surface area contributed by atoms with Gasteiger partial charge in [0.15, 0.2) is 0 Å². The Morgan fingerprint density at radius 1 is 1.40 bits per heavy atom. The van der Waals surface area contributed by atoms with Gasteiger partial charge in [-0.05, 0) is 45.9 Å². The summed E-state index contributed by atoms with van der Waals surface area (Å²) in [6, 6.07) is 5.06. The number of anilines is 2. The normalized spacial score (nSPS) is 13.2. The number of nitrogens with zero attached hydrogens (tertiary/aromatic N) is 1. The summed E-state index contributed by atoms with van der Waals surface area (Å²) in [6.45, 7) is 7.63. The van der Waals surface area contributed by atoms with Crippen molar-refractivity contribution in [3.05, 3.63) is 18.2 Å². The summed E-state index contributed by atoms with van der Waals surface area (Å²) in [5.41, 5.74) is 7.79. The Morgan fingerprint density at radius 2 is 2.10 bits per heavy atom. The van der Waals surface area contributed by atoms with Crippen LogP contribution in [0.15, 0.2) is 18.2 Å². The number of amides is 1. The molecule has 1 amide bonds. The van der Waals surface area contributed by atoms with Crippen LogP contribution < -0.4 is 16.4 Å². The highest BCUT2D eigenvalue weighted by atomic mass is 16.2. The smallest absolute Gasteiger partial charge is 0.242 e. The SMILES string of the molecule is CC(Nc1nc2ccc(N)cc2[nH]1)C(=O)NC(C)(C)C.